The van der Waals surface area contributed by atoms with Crippen LogP contribution < -0.4 is 0 Å². The van der Waals surface area contributed by atoms with E-state index in [-0.39, 0.29) is 11.7 Å². The number of benzene rings is 1. The molecule has 0 N–H and O–H groups in total. The topological polar surface area (TPSA) is 74.5 Å². The zero-order valence-electron chi connectivity index (χ0n) is 17.8. The average Bonchev–Trinajstić information content (AvgIpc) is 3.46. The van der Waals surface area contributed by atoms with Gasteiger partial charge in [-0.25, -0.2) is 9.78 Å². The summed E-state index contributed by atoms with van der Waals surface area (Å²) < 4.78 is 9.62. The van der Waals surface area contributed by atoms with Crippen LogP contribution in [0.15, 0.2) is 58.6 Å². The highest BCUT2D eigenvalue weighted by atomic mass is 16.7. The minimum absolute atomic E-state index is 0.0942. The first-order valence-corrected chi connectivity index (χ1v) is 10.4. The summed E-state index contributed by atoms with van der Waals surface area (Å²) in [6.07, 6.45) is 7.10. The van der Waals surface area contributed by atoms with Crippen LogP contribution in [-0.4, -0.2) is 25.8 Å². The van der Waals surface area contributed by atoms with Crippen molar-refractivity contribution in [3.8, 4) is 0 Å². The van der Waals surface area contributed by atoms with Gasteiger partial charge in [0.25, 0.3) is 0 Å². The number of hydrogen-bond donors (Lipinski definition) is 0. The molecule has 1 aliphatic carbocycles. The van der Waals surface area contributed by atoms with E-state index in [4.69, 9.17) is 9.25 Å². The Kier molecular flexibility index (Phi) is 4.73. The van der Waals surface area contributed by atoms with Crippen molar-refractivity contribution in [1.29, 1.82) is 0 Å². The van der Waals surface area contributed by atoms with Gasteiger partial charge in [-0.3, -0.25) is 0 Å². The molecule has 0 amide bonds. The summed E-state index contributed by atoms with van der Waals surface area (Å²) in [5.74, 6) is 0.642. The molecule has 0 saturated carbocycles. The molecule has 3 aromatic heterocycles. The van der Waals surface area contributed by atoms with Crippen LogP contribution in [0.1, 0.15) is 39.6 Å². The molecule has 0 bridgehead atoms. The molecule has 3 heterocycles. The number of oxime groups is 1. The molecule has 4 aromatic rings. The number of nitrogens with zero attached hydrogens (tertiary/aromatic N) is 4. The van der Waals surface area contributed by atoms with Crippen LogP contribution in [0.25, 0.3) is 10.9 Å². The Hall–Kier alpha value is -3.61. The summed E-state index contributed by atoms with van der Waals surface area (Å²) >= 11 is 0. The molecule has 1 atom stereocenters. The molecule has 5 rings (SSSR count). The first-order valence-electron chi connectivity index (χ1n) is 10.4. The number of furan rings is 1. The summed E-state index contributed by atoms with van der Waals surface area (Å²) in [5, 5.41) is 5.56. The molecule has 0 aliphatic heterocycles. The molecule has 0 saturated heterocycles. The Bertz CT molecular complexity index is 1310. The maximum absolute atomic E-state index is 12.6. The predicted octanol–water partition coefficient (Wildman–Crippen LogP) is 4.41. The van der Waals surface area contributed by atoms with Crippen molar-refractivity contribution in [2.45, 2.75) is 33.2 Å². The van der Waals surface area contributed by atoms with Crippen LogP contribution >= 0.6 is 0 Å². The Balaban J connectivity index is 1.59. The van der Waals surface area contributed by atoms with Gasteiger partial charge in [0.15, 0.2) is 0 Å². The molecule has 1 aromatic carbocycles. The normalized spacial score (nSPS) is 17.3. The van der Waals surface area contributed by atoms with Gasteiger partial charge in [0, 0.05) is 59.6 Å². The van der Waals surface area contributed by atoms with Gasteiger partial charge in [0.2, 0.25) is 5.76 Å². The van der Waals surface area contributed by atoms with E-state index < -0.39 is 5.97 Å². The second-order valence-corrected chi connectivity index (χ2v) is 8.05. The predicted molar refractivity (Wildman–Crippen MR) is 117 cm³/mol. The van der Waals surface area contributed by atoms with E-state index in [1.54, 1.807) is 19.2 Å². The molecule has 158 valence electrons. The lowest BCUT2D eigenvalue weighted by Gasteiger charge is -2.25. The first-order chi connectivity index (χ1) is 15.0. The zero-order chi connectivity index (χ0) is 21.5. The Morgan fingerprint density at radius 3 is 2.87 bits per heavy atom. The number of fused-ring (bicyclic) bond motifs is 3. The average molecular weight is 416 g/mol. The fraction of sp³-hybridized carbons (Fsp3) is 0.292. The van der Waals surface area contributed by atoms with Gasteiger partial charge >= 0.3 is 5.97 Å². The van der Waals surface area contributed by atoms with Crippen LogP contribution in [0.3, 0.4) is 0 Å². The molecule has 7 heteroatoms. The number of hydrogen-bond acceptors (Lipinski definition) is 5. The second kappa shape index (κ2) is 7.58. The molecule has 0 radical (unpaired) electrons. The van der Waals surface area contributed by atoms with Gasteiger partial charge in [-0.1, -0.05) is 23.4 Å². The number of aryl methyl sites for hydroxylation is 3. The van der Waals surface area contributed by atoms with E-state index in [0.29, 0.717) is 0 Å². The monoisotopic (exact) mass is 416 g/mol. The van der Waals surface area contributed by atoms with Crippen molar-refractivity contribution in [2.24, 2.45) is 18.1 Å². The summed E-state index contributed by atoms with van der Waals surface area (Å²) in [7, 11) is 2.08. The van der Waals surface area contributed by atoms with Crippen LogP contribution in [0.5, 0.6) is 0 Å². The molecular weight excluding hydrogens is 392 g/mol. The lowest BCUT2D eigenvalue weighted by atomic mass is 9.84. The van der Waals surface area contributed by atoms with E-state index in [1.807, 2.05) is 25.3 Å². The molecule has 1 aliphatic rings. The SMILES string of the molecule is Cc1ccoc1C(=O)O/N=C1/c2c(n(C)c3ccccc23)CCC1Cn1ccnc1C. The Morgan fingerprint density at radius 2 is 2.13 bits per heavy atom. The molecule has 7 nitrogen and oxygen atoms in total. The molecule has 0 fully saturated rings. The van der Waals surface area contributed by atoms with Gasteiger partial charge in [-0.2, -0.15) is 0 Å². The third-order valence-electron chi connectivity index (χ3n) is 6.22. The molecule has 1 unspecified atom stereocenters. The van der Waals surface area contributed by atoms with E-state index in [9.17, 15) is 4.79 Å². The Morgan fingerprint density at radius 1 is 1.29 bits per heavy atom. The lowest BCUT2D eigenvalue weighted by Crippen LogP contribution is -2.28. The quantitative estimate of drug-likeness (QED) is 0.365. The summed E-state index contributed by atoms with van der Waals surface area (Å²) in [6.45, 7) is 4.52. The van der Waals surface area contributed by atoms with E-state index in [0.717, 1.165) is 53.0 Å². The first kappa shape index (κ1) is 19.4. The van der Waals surface area contributed by atoms with Gasteiger partial charge in [-0.15, -0.1) is 0 Å². The fourth-order valence-electron chi connectivity index (χ4n) is 4.52. The molecule has 0 spiro atoms. The third-order valence-corrected chi connectivity index (χ3v) is 6.22. The van der Waals surface area contributed by atoms with Crippen molar-refractivity contribution < 1.29 is 14.0 Å². The molecular formula is C24H24N4O3. The molecule has 31 heavy (non-hydrogen) atoms. The maximum atomic E-state index is 12.6. The summed E-state index contributed by atoms with van der Waals surface area (Å²) in [5.41, 5.74) is 4.95. The Labute approximate surface area is 179 Å². The van der Waals surface area contributed by atoms with Crippen molar-refractivity contribution >= 4 is 22.6 Å². The van der Waals surface area contributed by atoms with Crippen molar-refractivity contribution in [1.82, 2.24) is 14.1 Å². The third kappa shape index (κ3) is 3.26. The van der Waals surface area contributed by atoms with Crippen LogP contribution in [0, 0.1) is 19.8 Å². The van der Waals surface area contributed by atoms with Gasteiger partial charge in [0.05, 0.1) is 12.0 Å². The van der Waals surface area contributed by atoms with Gasteiger partial charge in [-0.05, 0) is 38.8 Å². The van der Waals surface area contributed by atoms with Crippen LogP contribution in [-0.2, 0) is 24.9 Å². The number of carbonyl (C=O) groups excluding carboxylic acids is 1. The number of para-hydroxylation sites is 1. The lowest BCUT2D eigenvalue weighted by molar-refractivity contribution is 0.0476. The number of aromatic nitrogens is 3. The smallest absolute Gasteiger partial charge is 0.400 e. The summed E-state index contributed by atoms with van der Waals surface area (Å²) in [6, 6.07) is 10.0. The maximum Gasteiger partial charge on any atom is 0.400 e. The zero-order valence-corrected chi connectivity index (χ0v) is 17.8. The van der Waals surface area contributed by atoms with Gasteiger partial charge < -0.3 is 18.4 Å². The number of imidazole rings is 1. The second-order valence-electron chi connectivity index (χ2n) is 8.05. The highest BCUT2D eigenvalue weighted by Gasteiger charge is 2.32. The number of carbonyl (C=O) groups is 1. The minimum Gasteiger partial charge on any atom is -0.457 e. The number of rotatable bonds is 4. The van der Waals surface area contributed by atoms with Crippen LogP contribution in [0.4, 0.5) is 0 Å². The van der Waals surface area contributed by atoms with Crippen molar-refractivity contribution in [3.05, 3.63) is 77.4 Å². The standard InChI is InChI=1S/C24H24N4O3/c1-15-10-13-30-23(15)24(29)31-26-22-17(14-28-12-11-25-16(28)2)8-9-20-21(22)18-6-4-5-7-19(18)27(20)3/h4-7,10-13,17H,8-9,14H2,1-3H3/b26-22+. The highest BCUT2D eigenvalue weighted by Crippen LogP contribution is 2.35. The summed E-state index contributed by atoms with van der Waals surface area (Å²) in [4.78, 5) is 22.4. The fourth-order valence-corrected chi connectivity index (χ4v) is 4.52. The van der Waals surface area contributed by atoms with Crippen molar-refractivity contribution in [2.75, 3.05) is 0 Å². The van der Waals surface area contributed by atoms with E-state index >= 15 is 0 Å². The largest absolute Gasteiger partial charge is 0.457 e. The van der Waals surface area contributed by atoms with E-state index in [2.05, 4.69) is 38.5 Å². The van der Waals surface area contributed by atoms with E-state index in [1.165, 1.54) is 12.0 Å². The minimum atomic E-state index is -0.583. The highest BCUT2D eigenvalue weighted by molar-refractivity contribution is 6.14. The van der Waals surface area contributed by atoms with Crippen LogP contribution in [0.2, 0.25) is 0 Å². The van der Waals surface area contributed by atoms with Gasteiger partial charge in [0.1, 0.15) is 5.82 Å². The van der Waals surface area contributed by atoms with Crippen molar-refractivity contribution in [3.63, 3.8) is 0 Å².